The first kappa shape index (κ1) is 15.6. The van der Waals surface area contributed by atoms with Crippen molar-refractivity contribution in [2.45, 2.75) is 0 Å². The zero-order valence-electron chi connectivity index (χ0n) is 13.0. The molecule has 0 aliphatic rings. The second-order valence-electron chi connectivity index (χ2n) is 5.23. The van der Waals surface area contributed by atoms with E-state index in [2.05, 4.69) is 10.6 Å². The summed E-state index contributed by atoms with van der Waals surface area (Å²) in [7, 11) is 0. The zero-order valence-corrected chi connectivity index (χ0v) is 13.0. The van der Waals surface area contributed by atoms with Crippen LogP contribution in [-0.4, -0.2) is 22.9 Å². The number of aromatic nitrogens is 1. The van der Waals surface area contributed by atoms with Gasteiger partial charge in [-0.3, -0.25) is 9.59 Å². The Balaban J connectivity index is 1.52. The van der Waals surface area contributed by atoms with Crippen LogP contribution in [0.4, 0.5) is 5.69 Å². The van der Waals surface area contributed by atoms with Crippen LogP contribution >= 0.6 is 0 Å². The molecule has 0 aliphatic carbocycles. The minimum absolute atomic E-state index is 0.0763. The number of carbonyl (C=O) groups is 2. The molecule has 0 aliphatic heterocycles. The third kappa shape index (κ3) is 3.89. The van der Waals surface area contributed by atoms with Gasteiger partial charge in [-0.25, -0.2) is 0 Å². The van der Waals surface area contributed by atoms with Crippen LogP contribution in [0.2, 0.25) is 0 Å². The largest absolute Gasteiger partial charge is 0.343 e. The number of nitrogens with one attached hydrogen (secondary N) is 2. The number of hydrogen-bond donors (Lipinski definition) is 2. The highest BCUT2D eigenvalue weighted by molar-refractivity contribution is 5.99. The van der Waals surface area contributed by atoms with Gasteiger partial charge >= 0.3 is 0 Å². The number of benzene rings is 2. The summed E-state index contributed by atoms with van der Waals surface area (Å²) >= 11 is 0. The lowest BCUT2D eigenvalue weighted by Crippen LogP contribution is -2.32. The lowest BCUT2D eigenvalue weighted by molar-refractivity contribution is -0.115. The van der Waals surface area contributed by atoms with Crippen LogP contribution in [0.25, 0.3) is 5.69 Å². The Morgan fingerprint density at radius 2 is 1.50 bits per heavy atom. The maximum atomic E-state index is 11.9. The summed E-state index contributed by atoms with van der Waals surface area (Å²) in [6.45, 7) is -0.0763. The molecule has 0 bridgehead atoms. The zero-order chi connectivity index (χ0) is 16.8. The molecule has 2 amide bonds. The van der Waals surface area contributed by atoms with Crippen LogP contribution in [0.3, 0.4) is 0 Å². The van der Waals surface area contributed by atoms with E-state index in [1.165, 1.54) is 0 Å². The van der Waals surface area contributed by atoms with E-state index < -0.39 is 0 Å². The molecule has 0 fully saturated rings. The molecule has 0 saturated carbocycles. The molecule has 2 N–H and O–H groups in total. The number of hydrogen-bond acceptors (Lipinski definition) is 2. The van der Waals surface area contributed by atoms with Crippen molar-refractivity contribution in [2.24, 2.45) is 0 Å². The number of anilines is 1. The molecule has 120 valence electrons. The fourth-order valence-electron chi connectivity index (χ4n) is 2.28. The second kappa shape index (κ2) is 7.28. The van der Waals surface area contributed by atoms with Gasteiger partial charge < -0.3 is 15.2 Å². The Hall–Kier alpha value is -3.34. The normalized spacial score (nSPS) is 10.2. The average molecular weight is 319 g/mol. The molecule has 1 aromatic heterocycles. The lowest BCUT2D eigenvalue weighted by atomic mass is 10.2. The van der Waals surface area contributed by atoms with Crippen molar-refractivity contribution in [2.75, 3.05) is 11.9 Å². The molecule has 5 heteroatoms. The fourth-order valence-corrected chi connectivity index (χ4v) is 2.28. The summed E-state index contributed by atoms with van der Waals surface area (Å²) in [6.07, 6.45) is 3.90. The van der Waals surface area contributed by atoms with Gasteiger partial charge in [0.2, 0.25) is 5.91 Å². The quantitative estimate of drug-likeness (QED) is 0.759. The standard InChI is InChI=1S/C19H17N3O2/c23-18(14-20-19(24)15-6-2-1-3-7-15)21-16-8-10-17(11-9-16)22-12-4-5-13-22/h1-13H,14H2,(H,20,24)(H,21,23). The van der Waals surface area contributed by atoms with E-state index in [9.17, 15) is 9.59 Å². The predicted octanol–water partition coefficient (Wildman–Crippen LogP) is 2.85. The smallest absolute Gasteiger partial charge is 0.251 e. The van der Waals surface area contributed by atoms with Gasteiger partial charge in [-0.2, -0.15) is 0 Å². The van der Waals surface area contributed by atoms with Crippen molar-refractivity contribution in [3.05, 3.63) is 84.7 Å². The second-order valence-corrected chi connectivity index (χ2v) is 5.23. The van der Waals surface area contributed by atoms with Crippen molar-refractivity contribution in [1.82, 2.24) is 9.88 Å². The molecule has 2 aromatic carbocycles. The summed E-state index contributed by atoms with van der Waals surface area (Å²) in [5, 5.41) is 5.36. The van der Waals surface area contributed by atoms with Crippen LogP contribution in [0, 0.1) is 0 Å². The van der Waals surface area contributed by atoms with Crippen LogP contribution in [-0.2, 0) is 4.79 Å². The summed E-state index contributed by atoms with van der Waals surface area (Å²) < 4.78 is 1.98. The van der Waals surface area contributed by atoms with Crippen LogP contribution in [0.1, 0.15) is 10.4 Å². The molecule has 3 rings (SSSR count). The summed E-state index contributed by atoms with van der Waals surface area (Å²) in [6, 6.07) is 20.2. The van der Waals surface area contributed by atoms with E-state index in [-0.39, 0.29) is 18.4 Å². The maximum absolute atomic E-state index is 11.9. The average Bonchev–Trinajstić information content (AvgIpc) is 3.16. The Kier molecular flexibility index (Phi) is 4.72. The van der Waals surface area contributed by atoms with Gasteiger partial charge in [0.1, 0.15) is 0 Å². The Labute approximate surface area is 139 Å². The van der Waals surface area contributed by atoms with E-state index in [4.69, 9.17) is 0 Å². The Morgan fingerprint density at radius 1 is 0.833 bits per heavy atom. The van der Waals surface area contributed by atoms with Crippen molar-refractivity contribution in [1.29, 1.82) is 0 Å². The maximum Gasteiger partial charge on any atom is 0.251 e. The van der Waals surface area contributed by atoms with E-state index in [1.54, 1.807) is 24.3 Å². The third-order valence-electron chi connectivity index (χ3n) is 3.50. The summed E-state index contributed by atoms with van der Waals surface area (Å²) in [5.41, 5.74) is 2.22. The summed E-state index contributed by atoms with van der Waals surface area (Å²) in [4.78, 5) is 23.8. The van der Waals surface area contributed by atoms with E-state index in [0.29, 0.717) is 11.3 Å². The van der Waals surface area contributed by atoms with Gasteiger partial charge in [0.15, 0.2) is 0 Å². The molecule has 1 heterocycles. The molecular weight excluding hydrogens is 302 g/mol. The topological polar surface area (TPSA) is 63.1 Å². The Morgan fingerprint density at radius 3 is 2.17 bits per heavy atom. The fraction of sp³-hybridized carbons (Fsp3) is 0.0526. The Bertz CT molecular complexity index is 810. The number of nitrogens with zero attached hydrogens (tertiary/aromatic N) is 1. The monoisotopic (exact) mass is 319 g/mol. The molecule has 0 spiro atoms. The molecule has 0 saturated heterocycles. The first-order chi connectivity index (χ1) is 11.7. The summed E-state index contributed by atoms with van der Waals surface area (Å²) in [5.74, 6) is -0.540. The van der Waals surface area contributed by atoms with Crippen molar-refractivity contribution >= 4 is 17.5 Å². The van der Waals surface area contributed by atoms with Gasteiger partial charge in [0.25, 0.3) is 5.91 Å². The predicted molar refractivity (Wildman–Crippen MR) is 93.2 cm³/mol. The lowest BCUT2D eigenvalue weighted by Gasteiger charge is -2.08. The van der Waals surface area contributed by atoms with Crippen molar-refractivity contribution in [3.63, 3.8) is 0 Å². The first-order valence-corrected chi connectivity index (χ1v) is 7.59. The van der Waals surface area contributed by atoms with Gasteiger partial charge in [-0.1, -0.05) is 18.2 Å². The highest BCUT2D eigenvalue weighted by atomic mass is 16.2. The minimum Gasteiger partial charge on any atom is -0.343 e. The van der Waals surface area contributed by atoms with Crippen molar-refractivity contribution in [3.8, 4) is 5.69 Å². The van der Waals surface area contributed by atoms with Gasteiger partial charge in [-0.05, 0) is 48.5 Å². The highest BCUT2D eigenvalue weighted by Gasteiger charge is 2.07. The number of amides is 2. The van der Waals surface area contributed by atoms with E-state index in [1.807, 2.05) is 59.4 Å². The molecule has 0 radical (unpaired) electrons. The van der Waals surface area contributed by atoms with E-state index in [0.717, 1.165) is 5.69 Å². The SMILES string of the molecule is O=C(CNC(=O)c1ccccc1)Nc1ccc(-n2cccc2)cc1. The first-order valence-electron chi connectivity index (χ1n) is 7.59. The van der Waals surface area contributed by atoms with Crippen molar-refractivity contribution < 1.29 is 9.59 Å². The molecular formula is C19H17N3O2. The number of carbonyl (C=O) groups excluding carboxylic acids is 2. The van der Waals surface area contributed by atoms with E-state index >= 15 is 0 Å². The molecule has 0 unspecified atom stereocenters. The van der Waals surface area contributed by atoms with Crippen LogP contribution < -0.4 is 10.6 Å². The molecule has 24 heavy (non-hydrogen) atoms. The van der Waals surface area contributed by atoms with Gasteiger partial charge in [0, 0.05) is 29.3 Å². The van der Waals surface area contributed by atoms with Gasteiger partial charge in [-0.15, -0.1) is 0 Å². The highest BCUT2D eigenvalue weighted by Crippen LogP contribution is 2.13. The number of rotatable bonds is 5. The molecule has 0 atom stereocenters. The van der Waals surface area contributed by atoms with Crippen LogP contribution in [0.5, 0.6) is 0 Å². The molecule has 3 aromatic rings. The third-order valence-corrected chi connectivity index (χ3v) is 3.50. The van der Waals surface area contributed by atoms with Gasteiger partial charge in [0.05, 0.1) is 6.54 Å². The minimum atomic E-state index is -0.270. The molecule has 5 nitrogen and oxygen atoms in total. The van der Waals surface area contributed by atoms with Crippen LogP contribution in [0.15, 0.2) is 79.1 Å².